The van der Waals surface area contributed by atoms with Crippen molar-refractivity contribution >= 4 is 24.2 Å². The smallest absolute Gasteiger partial charge is 0.259 e. The molecule has 1 heterocycles. The molecule has 1 aromatic heterocycles. The van der Waals surface area contributed by atoms with E-state index in [2.05, 4.69) is 9.97 Å². The third kappa shape index (κ3) is 1.72. The van der Waals surface area contributed by atoms with E-state index in [1.54, 1.807) is 12.1 Å². The summed E-state index contributed by atoms with van der Waals surface area (Å²) in [5.74, 6) is 0.497. The van der Waals surface area contributed by atoms with Gasteiger partial charge in [-0.2, -0.15) is 0 Å². The molecule has 0 aliphatic heterocycles. The first kappa shape index (κ1) is 10.8. The second-order valence-electron chi connectivity index (χ2n) is 4.02. The number of aromatic amines is 1. The minimum Gasteiger partial charge on any atom is -0.306 e. The molecule has 0 fully saturated rings. The van der Waals surface area contributed by atoms with Gasteiger partial charge in [0, 0.05) is 5.56 Å². The average Bonchev–Trinajstić information content (AvgIpc) is 2.39. The third-order valence-electron chi connectivity index (χ3n) is 2.83. The Bertz CT molecular complexity index is 780. The number of hydrogen-bond acceptors (Lipinski definition) is 2. The zero-order valence-corrected chi connectivity index (χ0v) is 9.55. The van der Waals surface area contributed by atoms with Crippen molar-refractivity contribution in [2.24, 2.45) is 0 Å². The van der Waals surface area contributed by atoms with Gasteiger partial charge in [-0.1, -0.05) is 41.9 Å². The summed E-state index contributed by atoms with van der Waals surface area (Å²) >= 11 is 0. The van der Waals surface area contributed by atoms with E-state index in [4.69, 9.17) is 7.85 Å². The Balaban J connectivity index is 2.32. The maximum atomic E-state index is 11.9. The highest BCUT2D eigenvalue weighted by Gasteiger charge is 2.06. The molecular formula is C14H9BN2O. The van der Waals surface area contributed by atoms with Gasteiger partial charge >= 0.3 is 0 Å². The van der Waals surface area contributed by atoms with Crippen molar-refractivity contribution in [3.8, 4) is 11.4 Å². The molecule has 84 valence electrons. The Hall–Kier alpha value is -2.36. The van der Waals surface area contributed by atoms with Gasteiger partial charge in [-0.25, -0.2) is 4.98 Å². The van der Waals surface area contributed by atoms with E-state index in [9.17, 15) is 4.79 Å². The highest BCUT2D eigenvalue weighted by atomic mass is 16.1. The number of para-hydroxylation sites is 1. The largest absolute Gasteiger partial charge is 0.306 e. The zero-order chi connectivity index (χ0) is 12.5. The van der Waals surface area contributed by atoms with Crippen molar-refractivity contribution in [2.75, 3.05) is 0 Å². The van der Waals surface area contributed by atoms with Crippen molar-refractivity contribution in [3.05, 3.63) is 58.9 Å². The van der Waals surface area contributed by atoms with Crippen LogP contribution < -0.4 is 11.0 Å². The fraction of sp³-hybridized carbons (Fsp3) is 0. The van der Waals surface area contributed by atoms with Crippen LogP contribution in [0, 0.1) is 0 Å². The molecule has 0 bridgehead atoms. The molecule has 3 nitrogen and oxygen atoms in total. The van der Waals surface area contributed by atoms with Gasteiger partial charge in [-0.15, -0.1) is 0 Å². The standard InChI is InChI=1S/C14H9BN2O/c15-11-7-3-1-5-9(11)13-16-12-8-4-2-6-10(12)14(18)17-13/h1-8H,(H,16,17,18). The molecule has 0 saturated heterocycles. The molecule has 0 atom stereocenters. The van der Waals surface area contributed by atoms with Crippen molar-refractivity contribution in [2.45, 2.75) is 0 Å². The van der Waals surface area contributed by atoms with Crippen molar-refractivity contribution in [3.63, 3.8) is 0 Å². The Morgan fingerprint density at radius 2 is 1.72 bits per heavy atom. The second kappa shape index (κ2) is 4.15. The van der Waals surface area contributed by atoms with Gasteiger partial charge in [0.1, 0.15) is 13.7 Å². The SMILES string of the molecule is [B]c1ccccc1-c1nc2ccccc2c(=O)[nH]1. The highest BCUT2D eigenvalue weighted by Crippen LogP contribution is 2.13. The van der Waals surface area contributed by atoms with Gasteiger partial charge < -0.3 is 4.98 Å². The minimum atomic E-state index is -0.154. The number of hydrogen-bond donors (Lipinski definition) is 1. The minimum absolute atomic E-state index is 0.154. The summed E-state index contributed by atoms with van der Waals surface area (Å²) < 4.78 is 0. The van der Waals surface area contributed by atoms with Gasteiger partial charge in [0.25, 0.3) is 5.56 Å². The normalized spacial score (nSPS) is 10.7. The molecule has 3 aromatic rings. The molecule has 0 aliphatic carbocycles. The van der Waals surface area contributed by atoms with Gasteiger partial charge in [0.15, 0.2) is 0 Å². The van der Waals surface area contributed by atoms with Crippen LogP contribution in [0.3, 0.4) is 0 Å². The predicted octanol–water partition coefficient (Wildman–Crippen LogP) is 1.38. The number of nitrogens with zero attached hydrogens (tertiary/aromatic N) is 1. The van der Waals surface area contributed by atoms with E-state index >= 15 is 0 Å². The van der Waals surface area contributed by atoms with Crippen LogP contribution in [0.25, 0.3) is 22.3 Å². The van der Waals surface area contributed by atoms with Crippen LogP contribution in [0.2, 0.25) is 0 Å². The number of H-pyrrole nitrogens is 1. The summed E-state index contributed by atoms with van der Waals surface area (Å²) in [7, 11) is 5.88. The molecule has 1 N–H and O–H groups in total. The summed E-state index contributed by atoms with van der Waals surface area (Å²) in [6, 6.07) is 14.6. The van der Waals surface area contributed by atoms with Crippen LogP contribution in [0.4, 0.5) is 0 Å². The number of aromatic nitrogens is 2. The van der Waals surface area contributed by atoms with E-state index in [0.717, 1.165) is 5.56 Å². The van der Waals surface area contributed by atoms with Gasteiger partial charge in [0.05, 0.1) is 10.9 Å². The summed E-state index contributed by atoms with van der Waals surface area (Å²) in [5, 5.41) is 0.579. The molecule has 0 aliphatic rings. The molecule has 0 amide bonds. The molecule has 0 unspecified atom stereocenters. The summed E-state index contributed by atoms with van der Waals surface area (Å²) in [4.78, 5) is 19.1. The summed E-state index contributed by atoms with van der Waals surface area (Å²) in [5.41, 5.74) is 1.84. The lowest BCUT2D eigenvalue weighted by Crippen LogP contribution is -2.14. The quantitative estimate of drug-likeness (QED) is 0.644. The molecular weight excluding hydrogens is 223 g/mol. The maximum Gasteiger partial charge on any atom is 0.259 e. The molecule has 4 heteroatoms. The van der Waals surface area contributed by atoms with E-state index in [-0.39, 0.29) is 5.56 Å². The van der Waals surface area contributed by atoms with Crippen LogP contribution in [0.5, 0.6) is 0 Å². The third-order valence-corrected chi connectivity index (χ3v) is 2.83. The highest BCUT2D eigenvalue weighted by molar-refractivity contribution is 6.35. The van der Waals surface area contributed by atoms with Crippen molar-refractivity contribution < 1.29 is 0 Å². The van der Waals surface area contributed by atoms with Gasteiger partial charge in [-0.3, -0.25) is 4.79 Å². The number of rotatable bonds is 1. The zero-order valence-electron chi connectivity index (χ0n) is 9.55. The molecule has 18 heavy (non-hydrogen) atoms. The first-order chi connectivity index (χ1) is 8.75. The first-order valence-electron chi connectivity index (χ1n) is 5.59. The van der Waals surface area contributed by atoms with E-state index < -0.39 is 0 Å². The van der Waals surface area contributed by atoms with Gasteiger partial charge in [0.2, 0.25) is 0 Å². The lowest BCUT2D eigenvalue weighted by Gasteiger charge is -2.06. The van der Waals surface area contributed by atoms with Crippen molar-refractivity contribution in [1.82, 2.24) is 9.97 Å². The lowest BCUT2D eigenvalue weighted by atomic mass is 9.90. The Morgan fingerprint density at radius 1 is 1.00 bits per heavy atom. The van der Waals surface area contributed by atoms with E-state index in [1.807, 2.05) is 36.4 Å². The Morgan fingerprint density at radius 3 is 2.56 bits per heavy atom. The van der Waals surface area contributed by atoms with Crippen LogP contribution in [0.1, 0.15) is 0 Å². The molecule has 0 saturated carbocycles. The fourth-order valence-corrected chi connectivity index (χ4v) is 1.93. The number of nitrogens with one attached hydrogen (secondary N) is 1. The van der Waals surface area contributed by atoms with Crippen molar-refractivity contribution in [1.29, 1.82) is 0 Å². The van der Waals surface area contributed by atoms with Gasteiger partial charge in [-0.05, 0) is 12.1 Å². The van der Waals surface area contributed by atoms with E-state index in [1.165, 1.54) is 0 Å². The molecule has 0 spiro atoms. The Kier molecular flexibility index (Phi) is 2.48. The topological polar surface area (TPSA) is 45.8 Å². The number of benzene rings is 2. The molecule has 3 rings (SSSR count). The second-order valence-corrected chi connectivity index (χ2v) is 4.02. The maximum absolute atomic E-state index is 11.9. The predicted molar refractivity (Wildman–Crippen MR) is 73.2 cm³/mol. The van der Waals surface area contributed by atoms with E-state index in [0.29, 0.717) is 22.2 Å². The molecule has 2 aromatic carbocycles. The summed E-state index contributed by atoms with van der Waals surface area (Å²) in [6.45, 7) is 0. The average molecular weight is 232 g/mol. The van der Waals surface area contributed by atoms with Crippen LogP contribution in [0.15, 0.2) is 53.3 Å². The summed E-state index contributed by atoms with van der Waals surface area (Å²) in [6.07, 6.45) is 0. The monoisotopic (exact) mass is 232 g/mol. The fourth-order valence-electron chi connectivity index (χ4n) is 1.93. The van der Waals surface area contributed by atoms with Crippen LogP contribution in [-0.4, -0.2) is 17.8 Å². The lowest BCUT2D eigenvalue weighted by molar-refractivity contribution is 1.18. The first-order valence-corrected chi connectivity index (χ1v) is 5.59. The number of fused-ring (bicyclic) bond motifs is 1. The Labute approximate surface area is 105 Å². The van der Waals surface area contributed by atoms with Crippen LogP contribution >= 0.6 is 0 Å². The molecule has 2 radical (unpaired) electrons. The van der Waals surface area contributed by atoms with Crippen LogP contribution in [-0.2, 0) is 0 Å².